The molecule has 10 nitrogen and oxygen atoms in total. The van der Waals surface area contributed by atoms with Crippen molar-refractivity contribution in [3.63, 3.8) is 0 Å². The molecule has 2 atom stereocenters. The number of pyridine rings is 1. The van der Waals surface area contributed by atoms with E-state index < -0.39 is 16.0 Å². The van der Waals surface area contributed by atoms with Gasteiger partial charge in [0.1, 0.15) is 5.75 Å². The first kappa shape index (κ1) is 29.1. The zero-order valence-electron chi connectivity index (χ0n) is 23.7. The second-order valence-electron chi connectivity index (χ2n) is 10.2. The van der Waals surface area contributed by atoms with Crippen LogP contribution in [0.1, 0.15) is 50.7 Å². The van der Waals surface area contributed by atoms with Crippen LogP contribution >= 0.6 is 12.2 Å². The van der Waals surface area contributed by atoms with E-state index in [1.807, 2.05) is 49.9 Å². The van der Waals surface area contributed by atoms with Crippen molar-refractivity contribution < 1.29 is 23.1 Å². The minimum atomic E-state index is -3.53. The van der Waals surface area contributed by atoms with Crippen LogP contribution in [0.3, 0.4) is 0 Å². The fraction of sp³-hybridized carbons (Fsp3) is 0.233. The molecule has 0 saturated carbocycles. The normalized spacial score (nSPS) is 16.8. The Morgan fingerprint density at radius 2 is 1.86 bits per heavy atom. The number of nitrogens with one attached hydrogen (secondary N) is 2. The number of hydrogen-bond donors (Lipinski definition) is 3. The number of rotatable bonds is 8. The monoisotopic (exact) mass is 605 g/mol. The zero-order valence-corrected chi connectivity index (χ0v) is 25.4. The van der Waals surface area contributed by atoms with Crippen LogP contribution in [-0.4, -0.2) is 47.5 Å². The van der Waals surface area contributed by atoms with Crippen LogP contribution in [0.2, 0.25) is 0 Å². The number of thiocarbonyl (C=S) groups is 1. The van der Waals surface area contributed by atoms with Crippen LogP contribution in [-0.2, 0) is 10.0 Å². The van der Waals surface area contributed by atoms with E-state index in [1.165, 1.54) is 7.11 Å². The molecular formula is C30H31N5O5S2. The molecule has 2 aromatic heterocycles. The Morgan fingerprint density at radius 3 is 2.50 bits per heavy atom. The highest BCUT2D eigenvalue weighted by Crippen LogP contribution is 2.45. The molecule has 0 bridgehead atoms. The van der Waals surface area contributed by atoms with Crippen LogP contribution < -0.4 is 19.7 Å². The molecule has 0 amide bonds. The highest BCUT2D eigenvalue weighted by atomic mass is 32.2. The third-order valence-electron chi connectivity index (χ3n) is 7.34. The van der Waals surface area contributed by atoms with Crippen molar-refractivity contribution in [2.75, 3.05) is 23.0 Å². The van der Waals surface area contributed by atoms with Gasteiger partial charge in [-0.3, -0.25) is 9.71 Å². The minimum absolute atomic E-state index is 0.205. The Bertz CT molecular complexity index is 1800. The van der Waals surface area contributed by atoms with Gasteiger partial charge in [-0.25, -0.2) is 13.2 Å². The maximum Gasteiger partial charge on any atom is 0.335 e. The average molecular weight is 606 g/mol. The number of aromatic nitrogens is 2. The second kappa shape index (κ2) is 11.1. The van der Waals surface area contributed by atoms with E-state index in [4.69, 9.17) is 17.0 Å². The van der Waals surface area contributed by atoms with E-state index in [1.54, 1.807) is 36.5 Å². The van der Waals surface area contributed by atoms with Crippen LogP contribution in [0, 0.1) is 20.8 Å². The van der Waals surface area contributed by atoms with Crippen LogP contribution in [0.5, 0.6) is 5.75 Å². The summed E-state index contributed by atoms with van der Waals surface area (Å²) < 4.78 is 33.9. The first-order valence-corrected chi connectivity index (χ1v) is 15.4. The minimum Gasteiger partial charge on any atom is -0.494 e. The maximum absolute atomic E-state index is 11.9. The third kappa shape index (κ3) is 5.42. The third-order valence-corrected chi connectivity index (χ3v) is 8.25. The molecule has 0 aliphatic carbocycles. The highest BCUT2D eigenvalue weighted by molar-refractivity contribution is 7.92. The average Bonchev–Trinajstić information content (AvgIpc) is 3.43. The summed E-state index contributed by atoms with van der Waals surface area (Å²) in [5, 5.41) is 13.6. The van der Waals surface area contributed by atoms with Crippen molar-refractivity contribution in [2.45, 2.75) is 32.9 Å². The number of aryl methyl sites for hydroxylation is 2. The van der Waals surface area contributed by atoms with Gasteiger partial charge in [0.2, 0.25) is 10.0 Å². The summed E-state index contributed by atoms with van der Waals surface area (Å²) in [5.74, 6) is -0.652. The Hall–Kier alpha value is -4.42. The fourth-order valence-electron chi connectivity index (χ4n) is 5.50. The molecule has 2 aromatic carbocycles. The van der Waals surface area contributed by atoms with Gasteiger partial charge in [0.15, 0.2) is 5.11 Å². The van der Waals surface area contributed by atoms with Gasteiger partial charge >= 0.3 is 5.97 Å². The van der Waals surface area contributed by atoms with Gasteiger partial charge in [0.25, 0.3) is 0 Å². The van der Waals surface area contributed by atoms with Crippen LogP contribution in [0.25, 0.3) is 5.69 Å². The Labute approximate surface area is 250 Å². The van der Waals surface area contributed by atoms with Gasteiger partial charge in [0, 0.05) is 35.0 Å². The lowest BCUT2D eigenvalue weighted by molar-refractivity contribution is 0.0696. The molecule has 0 spiro atoms. The molecule has 3 N–H and O–H groups in total. The predicted octanol–water partition coefficient (Wildman–Crippen LogP) is 5.05. The topological polar surface area (TPSA) is 126 Å². The van der Waals surface area contributed by atoms with Gasteiger partial charge < -0.3 is 24.6 Å². The molecule has 42 heavy (non-hydrogen) atoms. The van der Waals surface area contributed by atoms with E-state index in [0.29, 0.717) is 22.2 Å². The second-order valence-corrected chi connectivity index (χ2v) is 12.4. The van der Waals surface area contributed by atoms with Crippen LogP contribution in [0.15, 0.2) is 66.9 Å². The Kier molecular flexibility index (Phi) is 7.69. The summed E-state index contributed by atoms with van der Waals surface area (Å²) >= 11 is 5.88. The Morgan fingerprint density at radius 1 is 1.10 bits per heavy atom. The van der Waals surface area contributed by atoms with Crippen molar-refractivity contribution in [3.05, 3.63) is 101 Å². The first-order chi connectivity index (χ1) is 19.9. The van der Waals surface area contributed by atoms with Gasteiger partial charge in [-0.1, -0.05) is 12.1 Å². The summed E-state index contributed by atoms with van der Waals surface area (Å²) in [6, 6.07) is 17.4. The number of nitrogens with zero attached hydrogens (tertiary/aromatic N) is 3. The van der Waals surface area contributed by atoms with Crippen molar-refractivity contribution in [2.24, 2.45) is 0 Å². The molecule has 218 valence electrons. The standard InChI is InChI=1S/C30H31N5O5S2/c1-17-9-10-20(29(36)37)15-25(17)34-18(2)14-22(19(34)3)28-27(24-8-6-7-13-31-24)32-30(41)35(28)21-11-12-23(26(16-21)40-4)33-42(5,38)39/h6-16,27-28,33H,1-5H3,(H,32,41)(H,36,37)/t27-,28-/m0/s1. The smallest absolute Gasteiger partial charge is 0.335 e. The van der Waals surface area contributed by atoms with Crippen molar-refractivity contribution in [3.8, 4) is 11.4 Å². The lowest BCUT2D eigenvalue weighted by Crippen LogP contribution is -2.29. The van der Waals surface area contributed by atoms with E-state index in [-0.39, 0.29) is 17.6 Å². The maximum atomic E-state index is 11.9. The zero-order chi connectivity index (χ0) is 30.3. The molecule has 0 unspecified atom stereocenters. The van der Waals surface area contributed by atoms with Gasteiger partial charge in [-0.2, -0.15) is 0 Å². The predicted molar refractivity (Wildman–Crippen MR) is 166 cm³/mol. The largest absolute Gasteiger partial charge is 0.494 e. The molecule has 1 saturated heterocycles. The molecule has 1 fully saturated rings. The number of hydrogen-bond acceptors (Lipinski definition) is 6. The molecule has 1 aliphatic rings. The van der Waals surface area contributed by atoms with Crippen molar-refractivity contribution >= 4 is 44.7 Å². The van der Waals surface area contributed by atoms with E-state index in [2.05, 4.69) is 25.7 Å². The Balaban J connectivity index is 1.69. The van der Waals surface area contributed by atoms with Crippen molar-refractivity contribution in [1.82, 2.24) is 14.9 Å². The number of benzene rings is 2. The lowest BCUT2D eigenvalue weighted by Gasteiger charge is -2.29. The first-order valence-electron chi connectivity index (χ1n) is 13.1. The summed E-state index contributed by atoms with van der Waals surface area (Å²) in [4.78, 5) is 18.4. The molecule has 4 aromatic rings. The van der Waals surface area contributed by atoms with Crippen LogP contribution in [0.4, 0.5) is 11.4 Å². The molecule has 5 rings (SSSR count). The lowest BCUT2D eigenvalue weighted by atomic mass is 9.96. The van der Waals surface area contributed by atoms with Gasteiger partial charge in [0.05, 0.1) is 42.4 Å². The van der Waals surface area contributed by atoms with E-state index in [9.17, 15) is 18.3 Å². The number of anilines is 2. The molecule has 12 heteroatoms. The summed E-state index contributed by atoms with van der Waals surface area (Å²) in [6.45, 7) is 5.94. The van der Waals surface area contributed by atoms with Gasteiger partial charge in [-0.05, 0) is 86.6 Å². The SMILES string of the molecule is COc1cc(N2C(=S)N[C@@H](c3ccccn3)[C@@H]2c2cc(C)n(-c3cc(C(=O)O)ccc3C)c2C)ccc1NS(C)(=O)=O. The summed E-state index contributed by atoms with van der Waals surface area (Å²) in [7, 11) is -2.05. The van der Waals surface area contributed by atoms with E-state index in [0.717, 1.165) is 40.2 Å². The molecule has 1 aliphatic heterocycles. The van der Waals surface area contributed by atoms with Crippen molar-refractivity contribution in [1.29, 1.82) is 0 Å². The number of methoxy groups -OCH3 is 1. The quantitative estimate of drug-likeness (QED) is 0.237. The number of sulfonamides is 1. The highest BCUT2D eigenvalue weighted by Gasteiger charge is 2.42. The molecular weight excluding hydrogens is 574 g/mol. The number of carbonyl (C=O) groups is 1. The number of carboxylic acid groups (broad SMARTS) is 1. The van der Waals surface area contributed by atoms with Gasteiger partial charge in [-0.15, -0.1) is 0 Å². The fourth-order valence-corrected chi connectivity index (χ4v) is 6.42. The number of ether oxygens (including phenoxy) is 1. The number of carboxylic acids is 1. The number of aromatic carboxylic acids is 1. The summed E-state index contributed by atoms with van der Waals surface area (Å²) in [5.41, 5.74) is 6.53. The summed E-state index contributed by atoms with van der Waals surface area (Å²) in [6.07, 6.45) is 2.81. The van der Waals surface area contributed by atoms with E-state index >= 15 is 0 Å². The molecule has 3 heterocycles. The molecule has 0 radical (unpaired) electrons.